The molecule has 0 aromatic carbocycles. The van der Waals surface area contributed by atoms with Crippen molar-refractivity contribution in [2.45, 2.75) is 25.8 Å². The predicted octanol–water partition coefficient (Wildman–Crippen LogP) is 1.10. The number of likely N-dealkylation sites (tertiary alicyclic amines) is 1. The largest absolute Gasteiger partial charge is 0.467 e. The first-order chi connectivity index (χ1) is 7.93. The number of azide groups is 1. The molecule has 94 valence electrons. The molecule has 1 aliphatic rings. The molecule has 1 atom stereocenters. The van der Waals surface area contributed by atoms with Crippen molar-refractivity contribution in [1.29, 1.82) is 0 Å². The Balaban J connectivity index is 2.76. The summed E-state index contributed by atoms with van der Waals surface area (Å²) in [6.07, 6.45) is 0.305. The van der Waals surface area contributed by atoms with Crippen molar-refractivity contribution in [2.24, 2.45) is 11.0 Å². The molecule has 17 heavy (non-hydrogen) atoms. The van der Waals surface area contributed by atoms with E-state index >= 15 is 0 Å². The van der Waals surface area contributed by atoms with Crippen LogP contribution in [0.1, 0.15) is 20.3 Å². The van der Waals surface area contributed by atoms with Crippen LogP contribution in [0.2, 0.25) is 0 Å². The summed E-state index contributed by atoms with van der Waals surface area (Å²) < 4.78 is 4.68. The molecule has 1 saturated heterocycles. The summed E-state index contributed by atoms with van der Waals surface area (Å²) in [5.41, 5.74) is 7.25. The Morgan fingerprint density at radius 2 is 2.35 bits per heavy atom. The SMILES string of the molecule is COC(=O)C(C)(C)N1CC(CN=[N+]=[N-])CC1=O. The van der Waals surface area contributed by atoms with Crippen molar-refractivity contribution < 1.29 is 14.3 Å². The van der Waals surface area contributed by atoms with E-state index in [1.54, 1.807) is 13.8 Å². The maximum Gasteiger partial charge on any atom is 0.331 e. The van der Waals surface area contributed by atoms with Crippen molar-refractivity contribution in [2.75, 3.05) is 20.2 Å². The van der Waals surface area contributed by atoms with Gasteiger partial charge in [-0.1, -0.05) is 5.11 Å². The second-order valence-corrected chi connectivity index (χ2v) is 4.54. The van der Waals surface area contributed by atoms with Crippen LogP contribution in [-0.4, -0.2) is 42.5 Å². The first-order valence-electron chi connectivity index (χ1n) is 5.33. The number of carbonyl (C=O) groups excluding carboxylic acids is 2. The number of hydrogen-bond acceptors (Lipinski definition) is 4. The van der Waals surface area contributed by atoms with E-state index in [0.717, 1.165) is 0 Å². The molecule has 1 aliphatic heterocycles. The number of hydrogen-bond donors (Lipinski definition) is 0. The Morgan fingerprint density at radius 3 is 2.88 bits per heavy atom. The molecule has 0 radical (unpaired) electrons. The fraction of sp³-hybridized carbons (Fsp3) is 0.800. The van der Waals surface area contributed by atoms with E-state index in [9.17, 15) is 9.59 Å². The molecular weight excluding hydrogens is 224 g/mol. The Kier molecular flexibility index (Phi) is 3.96. The summed E-state index contributed by atoms with van der Waals surface area (Å²) in [5.74, 6) is -0.587. The molecule has 0 aromatic heterocycles. The summed E-state index contributed by atoms with van der Waals surface area (Å²) in [7, 11) is 1.29. The van der Waals surface area contributed by atoms with E-state index < -0.39 is 11.5 Å². The van der Waals surface area contributed by atoms with Gasteiger partial charge in [0.1, 0.15) is 5.54 Å². The molecule has 1 rings (SSSR count). The van der Waals surface area contributed by atoms with Gasteiger partial charge in [0, 0.05) is 24.4 Å². The van der Waals surface area contributed by atoms with Gasteiger partial charge in [0.2, 0.25) is 5.91 Å². The molecule has 0 bridgehead atoms. The van der Waals surface area contributed by atoms with Gasteiger partial charge < -0.3 is 9.64 Å². The standard InChI is InChI=1S/C10H16N4O3/c1-10(2,9(16)17-3)14-6-7(4-8(14)15)5-12-13-11/h7H,4-6H2,1-3H3. The molecular formula is C10H16N4O3. The summed E-state index contributed by atoms with van der Waals surface area (Å²) in [5, 5.41) is 3.46. The predicted molar refractivity (Wildman–Crippen MR) is 59.9 cm³/mol. The maximum absolute atomic E-state index is 11.8. The van der Waals surface area contributed by atoms with Crippen molar-refractivity contribution >= 4 is 11.9 Å². The second-order valence-electron chi connectivity index (χ2n) is 4.54. The zero-order chi connectivity index (χ0) is 13.1. The first kappa shape index (κ1) is 13.3. The molecule has 0 saturated carbocycles. The summed E-state index contributed by atoms with van der Waals surface area (Å²) in [6.45, 7) is 3.98. The lowest BCUT2D eigenvalue weighted by atomic mass is 10.0. The van der Waals surface area contributed by atoms with Crippen LogP contribution in [0.3, 0.4) is 0 Å². The minimum absolute atomic E-state index is 0.0256. The zero-order valence-electron chi connectivity index (χ0n) is 10.2. The van der Waals surface area contributed by atoms with Gasteiger partial charge in [-0.05, 0) is 25.3 Å². The van der Waals surface area contributed by atoms with Gasteiger partial charge in [0.05, 0.1) is 7.11 Å². The first-order valence-corrected chi connectivity index (χ1v) is 5.33. The van der Waals surface area contributed by atoms with Gasteiger partial charge >= 0.3 is 5.97 Å². The van der Waals surface area contributed by atoms with Crippen LogP contribution in [0.5, 0.6) is 0 Å². The maximum atomic E-state index is 11.8. The number of esters is 1. The quantitative estimate of drug-likeness (QED) is 0.318. The average Bonchev–Trinajstić information content (AvgIpc) is 2.67. The Morgan fingerprint density at radius 1 is 1.71 bits per heavy atom. The van der Waals surface area contributed by atoms with Gasteiger partial charge in [-0.2, -0.15) is 0 Å². The Hall–Kier alpha value is -1.75. The van der Waals surface area contributed by atoms with Crippen LogP contribution in [0.25, 0.3) is 10.4 Å². The van der Waals surface area contributed by atoms with Crippen LogP contribution < -0.4 is 0 Å². The highest BCUT2D eigenvalue weighted by Gasteiger charge is 2.43. The molecule has 1 unspecified atom stereocenters. The van der Waals surface area contributed by atoms with Crippen molar-refractivity contribution in [3.05, 3.63) is 10.4 Å². The van der Waals surface area contributed by atoms with Crippen LogP contribution in [-0.2, 0) is 14.3 Å². The molecule has 0 aliphatic carbocycles. The highest BCUT2D eigenvalue weighted by Crippen LogP contribution is 2.27. The zero-order valence-corrected chi connectivity index (χ0v) is 10.2. The average molecular weight is 240 g/mol. The lowest BCUT2D eigenvalue weighted by molar-refractivity contribution is -0.157. The van der Waals surface area contributed by atoms with Crippen molar-refractivity contribution in [3.8, 4) is 0 Å². The molecule has 1 heterocycles. The van der Waals surface area contributed by atoms with E-state index in [0.29, 0.717) is 13.0 Å². The number of methoxy groups -OCH3 is 1. The van der Waals surface area contributed by atoms with Gasteiger partial charge in [-0.15, -0.1) is 0 Å². The van der Waals surface area contributed by atoms with Crippen molar-refractivity contribution in [3.63, 3.8) is 0 Å². The molecule has 1 fully saturated rings. The minimum Gasteiger partial charge on any atom is -0.467 e. The highest BCUT2D eigenvalue weighted by atomic mass is 16.5. The Labute approximate surface area is 99.3 Å². The van der Waals surface area contributed by atoms with Crippen molar-refractivity contribution in [1.82, 2.24) is 4.90 Å². The molecule has 7 nitrogen and oxygen atoms in total. The van der Waals surface area contributed by atoms with E-state index in [1.165, 1.54) is 12.0 Å². The second kappa shape index (κ2) is 5.05. The van der Waals surface area contributed by atoms with E-state index in [2.05, 4.69) is 14.8 Å². The normalized spacial score (nSPS) is 20.1. The van der Waals surface area contributed by atoms with Gasteiger partial charge in [0.25, 0.3) is 0 Å². The van der Waals surface area contributed by atoms with Crippen LogP contribution in [0.4, 0.5) is 0 Å². The van der Waals surface area contributed by atoms with Gasteiger partial charge in [-0.25, -0.2) is 4.79 Å². The van der Waals surface area contributed by atoms with Crippen LogP contribution >= 0.6 is 0 Å². The fourth-order valence-electron chi connectivity index (χ4n) is 1.96. The lowest BCUT2D eigenvalue weighted by Gasteiger charge is -2.32. The smallest absolute Gasteiger partial charge is 0.331 e. The topological polar surface area (TPSA) is 95.4 Å². The lowest BCUT2D eigenvalue weighted by Crippen LogP contribution is -2.51. The summed E-state index contributed by atoms with van der Waals surface area (Å²) in [6, 6.07) is 0. The number of ether oxygens (including phenoxy) is 1. The third-order valence-corrected chi connectivity index (χ3v) is 2.97. The minimum atomic E-state index is -0.975. The van der Waals surface area contributed by atoms with Gasteiger partial charge in [-0.3, -0.25) is 4.79 Å². The highest BCUT2D eigenvalue weighted by molar-refractivity contribution is 5.88. The van der Waals surface area contributed by atoms with Crippen LogP contribution in [0.15, 0.2) is 5.11 Å². The van der Waals surface area contributed by atoms with E-state index in [1.807, 2.05) is 0 Å². The molecule has 7 heteroatoms. The summed E-state index contributed by atoms with van der Waals surface area (Å²) in [4.78, 5) is 27.5. The number of rotatable bonds is 4. The monoisotopic (exact) mass is 240 g/mol. The fourth-order valence-corrected chi connectivity index (χ4v) is 1.96. The number of amides is 1. The number of carbonyl (C=O) groups is 2. The summed E-state index contributed by atoms with van der Waals surface area (Å²) >= 11 is 0. The molecule has 1 amide bonds. The van der Waals surface area contributed by atoms with E-state index in [4.69, 9.17) is 5.53 Å². The van der Waals surface area contributed by atoms with Gasteiger partial charge in [0.15, 0.2) is 0 Å². The number of nitrogens with zero attached hydrogens (tertiary/aromatic N) is 4. The Bertz CT molecular complexity index is 374. The van der Waals surface area contributed by atoms with E-state index in [-0.39, 0.29) is 18.4 Å². The molecule has 0 aromatic rings. The third-order valence-electron chi connectivity index (χ3n) is 2.97. The van der Waals surface area contributed by atoms with Crippen LogP contribution in [0, 0.1) is 5.92 Å². The third kappa shape index (κ3) is 2.68. The molecule has 0 spiro atoms. The molecule has 0 N–H and O–H groups in total.